The number of hydrogen-bond acceptors (Lipinski definition) is 0. The highest BCUT2D eigenvalue weighted by atomic mass is 13.9. The number of hydrogen-bond donors (Lipinski definition) is 0. The average Bonchev–Trinajstić information content (AvgIpc) is 2.38. The van der Waals surface area contributed by atoms with Gasteiger partial charge in [0.1, 0.15) is 0 Å². The van der Waals surface area contributed by atoms with Gasteiger partial charge in [0.25, 0.3) is 0 Å². The molecule has 0 aliphatic heterocycles. The minimum Gasteiger partial charge on any atom is -0.0761 e. The van der Waals surface area contributed by atoms with Crippen LogP contribution in [0.4, 0.5) is 0 Å². The predicted molar refractivity (Wildman–Crippen MR) is 75.8 cm³/mol. The summed E-state index contributed by atoms with van der Waals surface area (Å²) in [5, 5.41) is 0. The highest BCUT2D eigenvalue weighted by Gasteiger charge is 1.85. The Hall–Kier alpha value is -1.48. The maximum Gasteiger partial charge on any atom is 0.0248 e. The molecule has 0 aliphatic carbocycles. The highest BCUT2D eigenvalue weighted by molar-refractivity contribution is 5.36. The molecule has 0 saturated carbocycles. The molecule has 0 fully saturated rings. The fourth-order valence-corrected chi connectivity index (χ4v) is 1.65. The molecule has 0 unspecified atom stereocenters. The van der Waals surface area contributed by atoms with Crippen molar-refractivity contribution < 1.29 is 0 Å². The van der Waals surface area contributed by atoms with E-state index >= 15 is 0 Å². The molecule has 17 heavy (non-hydrogen) atoms. The SMILES string of the molecule is CCCCCCC/C=C/C#Cc1ccccc1. The molecule has 1 aromatic carbocycles. The zero-order valence-corrected chi connectivity index (χ0v) is 10.8. The third-order valence-electron chi connectivity index (χ3n) is 2.67. The number of unbranched alkanes of at least 4 members (excludes halogenated alkanes) is 5. The maximum absolute atomic E-state index is 3.12. The van der Waals surface area contributed by atoms with Gasteiger partial charge in [0.15, 0.2) is 0 Å². The van der Waals surface area contributed by atoms with E-state index in [1.54, 1.807) is 0 Å². The van der Waals surface area contributed by atoms with Gasteiger partial charge in [0.05, 0.1) is 0 Å². The molecule has 0 saturated heterocycles. The average molecular weight is 226 g/mol. The highest BCUT2D eigenvalue weighted by Crippen LogP contribution is 2.05. The fourth-order valence-electron chi connectivity index (χ4n) is 1.65. The monoisotopic (exact) mass is 226 g/mol. The van der Waals surface area contributed by atoms with Crippen LogP contribution in [0.25, 0.3) is 0 Å². The Labute approximate surface area is 106 Å². The van der Waals surface area contributed by atoms with Crippen LogP contribution in [0.1, 0.15) is 51.0 Å². The maximum atomic E-state index is 3.12. The van der Waals surface area contributed by atoms with Crippen LogP contribution >= 0.6 is 0 Å². The summed E-state index contributed by atoms with van der Waals surface area (Å²) >= 11 is 0. The molecule has 0 bridgehead atoms. The summed E-state index contributed by atoms with van der Waals surface area (Å²) in [6, 6.07) is 10.1. The molecule has 0 nitrogen and oxygen atoms in total. The standard InChI is InChI=1S/C17H22/c1-2-3-4-5-6-7-8-9-11-14-17-15-12-10-13-16-17/h8-10,12-13,15-16H,2-7H2,1H3/b9-8+. The Morgan fingerprint density at radius 2 is 1.76 bits per heavy atom. The van der Waals surface area contributed by atoms with Crippen molar-refractivity contribution in [2.45, 2.75) is 45.4 Å². The summed E-state index contributed by atoms with van der Waals surface area (Å²) in [6.45, 7) is 2.25. The zero-order chi connectivity index (χ0) is 12.2. The normalized spacial score (nSPS) is 10.2. The third-order valence-corrected chi connectivity index (χ3v) is 2.67. The molecule has 1 rings (SSSR count). The van der Waals surface area contributed by atoms with Crippen molar-refractivity contribution in [2.75, 3.05) is 0 Å². The minimum absolute atomic E-state index is 1.08. The van der Waals surface area contributed by atoms with E-state index in [2.05, 4.69) is 24.8 Å². The van der Waals surface area contributed by atoms with Crippen LogP contribution in [-0.2, 0) is 0 Å². The van der Waals surface area contributed by atoms with Gasteiger partial charge in [-0.1, -0.05) is 68.7 Å². The van der Waals surface area contributed by atoms with Crippen LogP contribution in [0.15, 0.2) is 42.5 Å². The molecule has 0 heteroatoms. The summed E-state index contributed by atoms with van der Waals surface area (Å²) in [5.41, 5.74) is 1.08. The molecular weight excluding hydrogens is 204 g/mol. The van der Waals surface area contributed by atoms with Gasteiger partial charge in [-0.2, -0.15) is 0 Å². The molecular formula is C17H22. The Bertz CT molecular complexity index is 362. The smallest absolute Gasteiger partial charge is 0.0248 e. The number of benzene rings is 1. The molecule has 90 valence electrons. The lowest BCUT2D eigenvalue weighted by atomic mass is 10.1. The van der Waals surface area contributed by atoms with Crippen molar-refractivity contribution >= 4 is 0 Å². The summed E-state index contributed by atoms with van der Waals surface area (Å²) in [7, 11) is 0. The summed E-state index contributed by atoms with van der Waals surface area (Å²) in [4.78, 5) is 0. The molecule has 1 aromatic rings. The van der Waals surface area contributed by atoms with E-state index in [4.69, 9.17) is 0 Å². The van der Waals surface area contributed by atoms with E-state index < -0.39 is 0 Å². The lowest BCUT2D eigenvalue weighted by Crippen LogP contribution is -1.75. The van der Waals surface area contributed by atoms with Crippen molar-refractivity contribution in [1.82, 2.24) is 0 Å². The summed E-state index contributed by atoms with van der Waals surface area (Å²) in [6.07, 6.45) is 12.0. The van der Waals surface area contributed by atoms with Gasteiger partial charge in [-0.3, -0.25) is 0 Å². The molecule has 0 radical (unpaired) electrons. The molecule has 0 heterocycles. The van der Waals surface area contributed by atoms with Crippen molar-refractivity contribution in [3.63, 3.8) is 0 Å². The molecule has 0 aromatic heterocycles. The second-order valence-electron chi connectivity index (χ2n) is 4.24. The lowest BCUT2D eigenvalue weighted by Gasteiger charge is -1.95. The molecule has 0 N–H and O–H groups in total. The molecule has 0 spiro atoms. The Morgan fingerprint density at radius 1 is 1.00 bits per heavy atom. The van der Waals surface area contributed by atoms with Crippen molar-refractivity contribution in [3.8, 4) is 11.8 Å². The summed E-state index contributed by atoms with van der Waals surface area (Å²) < 4.78 is 0. The lowest BCUT2D eigenvalue weighted by molar-refractivity contribution is 0.637. The molecule has 0 aliphatic rings. The van der Waals surface area contributed by atoms with Crippen molar-refractivity contribution in [1.29, 1.82) is 0 Å². The Balaban J connectivity index is 2.12. The van der Waals surface area contributed by atoms with Gasteiger partial charge < -0.3 is 0 Å². The first kappa shape index (κ1) is 13.6. The largest absolute Gasteiger partial charge is 0.0761 e. The van der Waals surface area contributed by atoms with E-state index in [1.807, 2.05) is 36.4 Å². The van der Waals surface area contributed by atoms with Crippen LogP contribution in [0.2, 0.25) is 0 Å². The van der Waals surface area contributed by atoms with Gasteiger partial charge in [-0.25, -0.2) is 0 Å². The second kappa shape index (κ2) is 9.73. The van der Waals surface area contributed by atoms with Crippen LogP contribution in [0, 0.1) is 11.8 Å². The van der Waals surface area contributed by atoms with E-state index in [-0.39, 0.29) is 0 Å². The second-order valence-corrected chi connectivity index (χ2v) is 4.24. The number of allylic oxidation sites excluding steroid dienone is 2. The fraction of sp³-hybridized carbons (Fsp3) is 0.412. The Morgan fingerprint density at radius 3 is 2.53 bits per heavy atom. The molecule has 0 atom stereocenters. The van der Waals surface area contributed by atoms with Crippen LogP contribution < -0.4 is 0 Å². The van der Waals surface area contributed by atoms with Gasteiger partial charge in [0.2, 0.25) is 0 Å². The van der Waals surface area contributed by atoms with Crippen LogP contribution in [-0.4, -0.2) is 0 Å². The molecule has 0 amide bonds. The summed E-state index contributed by atoms with van der Waals surface area (Å²) in [5.74, 6) is 6.19. The van der Waals surface area contributed by atoms with E-state index in [0.29, 0.717) is 0 Å². The van der Waals surface area contributed by atoms with Gasteiger partial charge >= 0.3 is 0 Å². The van der Waals surface area contributed by atoms with E-state index in [1.165, 1.54) is 32.1 Å². The quantitative estimate of drug-likeness (QED) is 0.475. The van der Waals surface area contributed by atoms with Gasteiger partial charge in [0, 0.05) is 5.56 Å². The first-order valence-electron chi connectivity index (χ1n) is 6.65. The van der Waals surface area contributed by atoms with Crippen molar-refractivity contribution in [2.24, 2.45) is 0 Å². The zero-order valence-electron chi connectivity index (χ0n) is 10.8. The Kier molecular flexibility index (Phi) is 7.77. The van der Waals surface area contributed by atoms with Crippen molar-refractivity contribution in [3.05, 3.63) is 48.0 Å². The van der Waals surface area contributed by atoms with Gasteiger partial charge in [-0.15, -0.1) is 0 Å². The van der Waals surface area contributed by atoms with Crippen LogP contribution in [0.3, 0.4) is 0 Å². The first-order chi connectivity index (χ1) is 8.43. The van der Waals surface area contributed by atoms with Gasteiger partial charge in [-0.05, 0) is 31.1 Å². The third kappa shape index (κ3) is 7.41. The first-order valence-corrected chi connectivity index (χ1v) is 6.65. The topological polar surface area (TPSA) is 0 Å². The number of rotatable bonds is 6. The van der Waals surface area contributed by atoms with Crippen LogP contribution in [0.5, 0.6) is 0 Å². The van der Waals surface area contributed by atoms with E-state index in [9.17, 15) is 0 Å². The van der Waals surface area contributed by atoms with E-state index in [0.717, 1.165) is 12.0 Å². The minimum atomic E-state index is 1.08. The predicted octanol–water partition coefficient (Wildman–Crippen LogP) is 4.95.